The molecule has 3 amide bonds. The molecule has 0 radical (unpaired) electrons. The molecule has 0 aromatic heterocycles. The fourth-order valence-corrected chi connectivity index (χ4v) is 1.38. The van der Waals surface area contributed by atoms with Gasteiger partial charge in [-0.3, -0.25) is 19.3 Å². The normalized spacial score (nSPS) is 10.2. The minimum atomic E-state index is -0.278. The van der Waals surface area contributed by atoms with Crippen LogP contribution in [0.3, 0.4) is 0 Å². The molecule has 0 spiro atoms. The molecule has 0 aromatic rings. The fraction of sp³-hybridized carbons (Fsp3) is 0.692. The smallest absolute Gasteiger partial charge is 0.229 e. The van der Waals surface area contributed by atoms with E-state index in [2.05, 4.69) is 5.32 Å². The Bertz CT molecular complexity index is 331. The maximum absolute atomic E-state index is 11.6. The number of nitrogens with zero attached hydrogens (tertiary/aromatic N) is 1. The summed E-state index contributed by atoms with van der Waals surface area (Å²) in [5, 5.41) is 2.38. The van der Waals surface area contributed by atoms with E-state index in [1.54, 1.807) is 0 Å². The molecule has 7 heteroatoms. The first-order valence-electron chi connectivity index (χ1n) is 6.54. The monoisotopic (exact) mass is 286 g/mol. The molecule has 0 saturated carbocycles. The molecule has 0 atom stereocenters. The van der Waals surface area contributed by atoms with Gasteiger partial charge in [0, 0.05) is 12.8 Å². The summed E-state index contributed by atoms with van der Waals surface area (Å²) in [7, 11) is 0. The van der Waals surface area contributed by atoms with Crippen molar-refractivity contribution in [3.8, 4) is 0 Å². The number of amides is 3. The first kappa shape index (κ1) is 18.2. The first-order valence-corrected chi connectivity index (χ1v) is 6.54. The third kappa shape index (κ3) is 9.21. The van der Waals surface area contributed by atoms with Crippen molar-refractivity contribution in [2.75, 3.05) is 26.3 Å². The largest absolute Gasteiger partial charge is 0.379 e. The summed E-state index contributed by atoms with van der Waals surface area (Å²) >= 11 is 0. The van der Waals surface area contributed by atoms with Crippen LogP contribution in [0.25, 0.3) is 0 Å². The Morgan fingerprint density at radius 1 is 1.25 bits per heavy atom. The second kappa shape index (κ2) is 11.1. The third-order valence-corrected chi connectivity index (χ3v) is 2.36. The van der Waals surface area contributed by atoms with Gasteiger partial charge in [-0.1, -0.05) is 13.8 Å². The maximum Gasteiger partial charge on any atom is 0.229 e. The zero-order chi connectivity index (χ0) is 15.4. The highest BCUT2D eigenvalue weighted by atomic mass is 16.5. The highest BCUT2D eigenvalue weighted by Crippen LogP contribution is 2.02. The van der Waals surface area contributed by atoms with Crippen LogP contribution in [0, 0.1) is 5.92 Å². The van der Waals surface area contributed by atoms with Gasteiger partial charge in [0.15, 0.2) is 0 Å². The van der Waals surface area contributed by atoms with Crippen molar-refractivity contribution in [3.63, 3.8) is 0 Å². The molecule has 0 rings (SSSR count). The quantitative estimate of drug-likeness (QED) is 0.417. The Labute approximate surface area is 118 Å². The van der Waals surface area contributed by atoms with E-state index >= 15 is 0 Å². The number of rotatable bonds is 11. The lowest BCUT2D eigenvalue weighted by Crippen LogP contribution is -2.33. The Kier molecular flexibility index (Phi) is 10.1. The van der Waals surface area contributed by atoms with Crippen LogP contribution in [0.5, 0.6) is 0 Å². The average molecular weight is 286 g/mol. The Hall–Kier alpha value is -1.76. The molecule has 20 heavy (non-hydrogen) atoms. The van der Waals surface area contributed by atoms with Gasteiger partial charge < -0.3 is 14.8 Å². The maximum atomic E-state index is 11.6. The molecule has 114 valence electrons. The van der Waals surface area contributed by atoms with Gasteiger partial charge in [-0.15, -0.1) is 0 Å². The second-order valence-corrected chi connectivity index (χ2v) is 4.62. The van der Waals surface area contributed by atoms with Gasteiger partial charge in [-0.2, -0.15) is 0 Å². The van der Waals surface area contributed by atoms with Crippen LogP contribution in [0.1, 0.15) is 26.7 Å². The predicted molar refractivity (Wildman–Crippen MR) is 71.7 cm³/mol. The van der Waals surface area contributed by atoms with Crippen molar-refractivity contribution >= 4 is 24.5 Å². The van der Waals surface area contributed by atoms with E-state index in [1.807, 2.05) is 13.8 Å². The Morgan fingerprint density at radius 3 is 2.50 bits per heavy atom. The van der Waals surface area contributed by atoms with Crippen molar-refractivity contribution in [1.29, 1.82) is 0 Å². The summed E-state index contributed by atoms with van der Waals surface area (Å²) in [5.74, 6) is -0.324. The molecule has 0 saturated heterocycles. The number of aldehydes is 1. The zero-order valence-electron chi connectivity index (χ0n) is 12.0. The molecule has 0 aromatic carbocycles. The summed E-state index contributed by atoms with van der Waals surface area (Å²) < 4.78 is 5.17. The number of ether oxygens (including phenoxy) is 1. The summed E-state index contributed by atoms with van der Waals surface area (Å²) in [6.45, 7) is 4.32. The van der Waals surface area contributed by atoms with E-state index in [9.17, 15) is 19.2 Å². The van der Waals surface area contributed by atoms with Gasteiger partial charge >= 0.3 is 0 Å². The minimum absolute atomic E-state index is 0.0124. The van der Waals surface area contributed by atoms with Crippen molar-refractivity contribution in [2.45, 2.75) is 26.7 Å². The summed E-state index contributed by atoms with van der Waals surface area (Å²) in [4.78, 5) is 44.6. The van der Waals surface area contributed by atoms with Crippen LogP contribution in [-0.2, 0) is 23.9 Å². The van der Waals surface area contributed by atoms with E-state index in [1.165, 1.54) is 0 Å². The van der Waals surface area contributed by atoms with Crippen LogP contribution in [0.4, 0.5) is 0 Å². The highest BCUT2D eigenvalue weighted by Gasteiger charge is 2.13. The molecule has 0 aliphatic heterocycles. The summed E-state index contributed by atoms with van der Waals surface area (Å²) in [6.07, 6.45) is 1.54. The van der Waals surface area contributed by atoms with Crippen molar-refractivity contribution < 1.29 is 23.9 Å². The fourth-order valence-electron chi connectivity index (χ4n) is 1.38. The lowest BCUT2D eigenvalue weighted by Gasteiger charge is -2.16. The number of carbonyl (C=O) groups is 4. The number of hydrogen-bond acceptors (Lipinski definition) is 5. The van der Waals surface area contributed by atoms with E-state index in [0.29, 0.717) is 19.1 Å². The zero-order valence-corrected chi connectivity index (χ0v) is 12.0. The van der Waals surface area contributed by atoms with E-state index in [-0.39, 0.29) is 50.5 Å². The minimum Gasteiger partial charge on any atom is -0.379 e. The van der Waals surface area contributed by atoms with Gasteiger partial charge in [0.1, 0.15) is 6.29 Å². The average Bonchev–Trinajstić information content (AvgIpc) is 2.39. The number of hydrogen-bond donors (Lipinski definition) is 1. The van der Waals surface area contributed by atoms with Crippen molar-refractivity contribution in [1.82, 2.24) is 10.2 Å². The summed E-state index contributed by atoms with van der Waals surface area (Å²) in [6, 6.07) is 0. The SMILES string of the molecule is CC(C)CC(=O)N(C=O)CCOCCC(=O)NCC=O. The van der Waals surface area contributed by atoms with Gasteiger partial charge in [0.05, 0.1) is 26.3 Å². The van der Waals surface area contributed by atoms with Crippen LogP contribution >= 0.6 is 0 Å². The molecule has 0 heterocycles. The van der Waals surface area contributed by atoms with E-state index in [4.69, 9.17) is 4.74 Å². The lowest BCUT2D eigenvalue weighted by molar-refractivity contribution is -0.139. The van der Waals surface area contributed by atoms with Crippen LogP contribution < -0.4 is 5.32 Å². The topological polar surface area (TPSA) is 92.8 Å². The first-order chi connectivity index (χ1) is 9.51. The van der Waals surface area contributed by atoms with Gasteiger partial charge in [-0.05, 0) is 5.92 Å². The molecule has 0 bridgehead atoms. The molecular formula is C13H22N2O5. The third-order valence-electron chi connectivity index (χ3n) is 2.36. The van der Waals surface area contributed by atoms with Gasteiger partial charge in [-0.25, -0.2) is 0 Å². The molecular weight excluding hydrogens is 264 g/mol. The van der Waals surface area contributed by atoms with Crippen LogP contribution in [-0.4, -0.2) is 55.7 Å². The van der Waals surface area contributed by atoms with E-state index < -0.39 is 0 Å². The number of imide groups is 1. The van der Waals surface area contributed by atoms with Crippen molar-refractivity contribution in [2.24, 2.45) is 5.92 Å². The lowest BCUT2D eigenvalue weighted by atomic mass is 10.1. The summed E-state index contributed by atoms with van der Waals surface area (Å²) in [5.41, 5.74) is 0. The van der Waals surface area contributed by atoms with Crippen LogP contribution in [0.15, 0.2) is 0 Å². The molecule has 0 aliphatic rings. The molecule has 7 nitrogen and oxygen atoms in total. The predicted octanol–water partition coefficient (Wildman–Crippen LogP) is -0.261. The Morgan fingerprint density at radius 2 is 1.95 bits per heavy atom. The van der Waals surface area contributed by atoms with E-state index in [0.717, 1.165) is 4.90 Å². The van der Waals surface area contributed by atoms with Gasteiger partial charge in [0.25, 0.3) is 0 Å². The Balaban J connectivity index is 3.75. The van der Waals surface area contributed by atoms with Crippen molar-refractivity contribution in [3.05, 3.63) is 0 Å². The highest BCUT2D eigenvalue weighted by molar-refractivity contribution is 5.86. The number of carbonyl (C=O) groups excluding carboxylic acids is 4. The van der Waals surface area contributed by atoms with Gasteiger partial charge in [0.2, 0.25) is 18.2 Å². The standard InChI is InChI=1S/C13H22N2O5/c1-11(2)9-13(19)15(10-17)5-8-20-7-3-12(18)14-4-6-16/h6,10-11H,3-5,7-9H2,1-2H3,(H,14,18). The molecule has 0 unspecified atom stereocenters. The second-order valence-electron chi connectivity index (χ2n) is 4.62. The molecule has 0 fully saturated rings. The molecule has 0 aliphatic carbocycles. The molecule has 1 N–H and O–H groups in total. The van der Waals surface area contributed by atoms with Crippen LogP contribution in [0.2, 0.25) is 0 Å². The number of nitrogens with one attached hydrogen (secondary N) is 1.